The molecule has 8 heteroatoms. The van der Waals surface area contributed by atoms with E-state index < -0.39 is 0 Å². The molecule has 1 aliphatic rings. The van der Waals surface area contributed by atoms with Gasteiger partial charge in [0, 0.05) is 23.7 Å². The number of carbonyl (C=O) groups is 2. The third-order valence-corrected chi connectivity index (χ3v) is 7.12. The number of aromatic nitrogens is 2. The summed E-state index contributed by atoms with van der Waals surface area (Å²) in [6.07, 6.45) is 4.91. The minimum atomic E-state index is -0.334. The number of benzene rings is 3. The lowest BCUT2D eigenvalue weighted by molar-refractivity contribution is 0.102. The molecule has 0 unspecified atom stereocenters. The molecule has 0 saturated heterocycles. The van der Waals surface area contributed by atoms with Crippen molar-refractivity contribution >= 4 is 17.6 Å². The molecular weight excluding hydrogens is 492 g/mol. The number of ether oxygens (including phenoxy) is 1. The van der Waals surface area contributed by atoms with E-state index >= 15 is 0 Å². The highest BCUT2D eigenvalue weighted by molar-refractivity contribution is 6.06. The monoisotopic (exact) mass is 524 g/mol. The highest BCUT2D eigenvalue weighted by Crippen LogP contribution is 2.38. The number of phenolic OH excluding ortho intramolecular Hbond substituents is 1. The van der Waals surface area contributed by atoms with E-state index in [4.69, 9.17) is 4.74 Å². The number of hydrogen-bond donors (Lipinski definition) is 3. The van der Waals surface area contributed by atoms with Gasteiger partial charge in [-0.05, 0) is 61.2 Å². The molecule has 1 aromatic heterocycles. The van der Waals surface area contributed by atoms with Crippen molar-refractivity contribution in [1.82, 2.24) is 15.1 Å². The second-order valence-corrected chi connectivity index (χ2v) is 9.70. The Balaban J connectivity index is 1.39. The Hall–Kier alpha value is -4.59. The molecule has 4 aromatic rings. The van der Waals surface area contributed by atoms with Gasteiger partial charge in [-0.1, -0.05) is 55.3 Å². The summed E-state index contributed by atoms with van der Waals surface area (Å²) in [7, 11) is 1.51. The van der Waals surface area contributed by atoms with E-state index in [2.05, 4.69) is 15.7 Å². The van der Waals surface area contributed by atoms with Crippen molar-refractivity contribution < 1.29 is 19.4 Å². The highest BCUT2D eigenvalue weighted by atomic mass is 16.5. The zero-order valence-electron chi connectivity index (χ0n) is 21.9. The zero-order valence-corrected chi connectivity index (χ0v) is 21.9. The first-order chi connectivity index (χ1) is 19.0. The topological polar surface area (TPSA) is 105 Å². The molecular formula is C31H32N4O4. The summed E-state index contributed by atoms with van der Waals surface area (Å²) in [5.41, 5.74) is 3.77. The number of amides is 2. The number of para-hydroxylation sites is 1. The number of phenols is 1. The summed E-state index contributed by atoms with van der Waals surface area (Å²) >= 11 is 0. The van der Waals surface area contributed by atoms with E-state index in [0.717, 1.165) is 36.9 Å². The molecule has 1 saturated carbocycles. The number of carbonyl (C=O) groups excluding carboxylic acids is 2. The molecule has 3 aromatic carbocycles. The van der Waals surface area contributed by atoms with Crippen molar-refractivity contribution in [1.29, 1.82) is 0 Å². The summed E-state index contributed by atoms with van der Waals surface area (Å²) < 4.78 is 6.75. The minimum Gasteiger partial charge on any atom is -0.507 e. The molecule has 39 heavy (non-hydrogen) atoms. The van der Waals surface area contributed by atoms with Crippen molar-refractivity contribution in [2.45, 2.75) is 38.0 Å². The second kappa shape index (κ2) is 11.9. The number of anilines is 1. The molecule has 5 rings (SSSR count). The summed E-state index contributed by atoms with van der Waals surface area (Å²) in [6, 6.07) is 23.4. The molecule has 1 heterocycles. The van der Waals surface area contributed by atoms with Crippen LogP contribution in [-0.2, 0) is 6.42 Å². The maximum atomic E-state index is 13.2. The van der Waals surface area contributed by atoms with Crippen LogP contribution in [0.25, 0.3) is 11.3 Å². The molecule has 0 spiro atoms. The van der Waals surface area contributed by atoms with Gasteiger partial charge in [0.05, 0.1) is 24.1 Å². The Bertz CT molecular complexity index is 1460. The van der Waals surface area contributed by atoms with E-state index in [-0.39, 0.29) is 23.6 Å². The molecule has 3 N–H and O–H groups in total. The van der Waals surface area contributed by atoms with Crippen LogP contribution in [0.2, 0.25) is 0 Å². The zero-order chi connectivity index (χ0) is 27.2. The molecule has 0 atom stereocenters. The Labute approximate surface area is 227 Å². The van der Waals surface area contributed by atoms with Crippen LogP contribution in [0.5, 0.6) is 11.5 Å². The van der Waals surface area contributed by atoms with Crippen molar-refractivity contribution in [2.75, 3.05) is 19.0 Å². The van der Waals surface area contributed by atoms with Gasteiger partial charge in [0.2, 0.25) is 0 Å². The molecule has 200 valence electrons. The number of nitrogens with zero attached hydrogens (tertiary/aromatic N) is 2. The van der Waals surface area contributed by atoms with Crippen molar-refractivity contribution in [3.63, 3.8) is 0 Å². The fourth-order valence-corrected chi connectivity index (χ4v) is 5.09. The van der Waals surface area contributed by atoms with Crippen molar-refractivity contribution in [2.24, 2.45) is 0 Å². The molecule has 2 amide bonds. The van der Waals surface area contributed by atoms with E-state index in [1.165, 1.54) is 17.9 Å². The maximum absolute atomic E-state index is 13.2. The Morgan fingerprint density at radius 3 is 2.51 bits per heavy atom. The van der Waals surface area contributed by atoms with Crippen LogP contribution >= 0.6 is 0 Å². The van der Waals surface area contributed by atoms with E-state index in [1.807, 2.05) is 36.4 Å². The molecule has 1 fully saturated rings. The van der Waals surface area contributed by atoms with Crippen LogP contribution in [0.15, 0.2) is 78.9 Å². The molecule has 0 bridgehead atoms. The Morgan fingerprint density at radius 2 is 1.74 bits per heavy atom. The van der Waals surface area contributed by atoms with Gasteiger partial charge in [0.15, 0.2) is 0 Å². The van der Waals surface area contributed by atoms with Gasteiger partial charge in [-0.3, -0.25) is 4.79 Å². The molecule has 1 aliphatic carbocycles. The first-order valence-corrected chi connectivity index (χ1v) is 13.2. The van der Waals surface area contributed by atoms with Crippen LogP contribution in [0.3, 0.4) is 0 Å². The van der Waals surface area contributed by atoms with Gasteiger partial charge < -0.3 is 20.5 Å². The smallest absolute Gasteiger partial charge is 0.342 e. The van der Waals surface area contributed by atoms with Gasteiger partial charge in [0.25, 0.3) is 5.91 Å². The Kier molecular flexibility index (Phi) is 7.91. The number of methoxy groups -OCH3 is 1. The predicted molar refractivity (Wildman–Crippen MR) is 150 cm³/mol. The lowest BCUT2D eigenvalue weighted by Gasteiger charge is -2.12. The number of nitrogens with one attached hydrogen (secondary N) is 2. The fourth-order valence-electron chi connectivity index (χ4n) is 5.09. The standard InChI is InChI=1S/C31H32N4O4/c1-39-29-14-8-7-13-24(29)30(37)33-23-15-16-28(36)25(19-23)26-20-27(22-11-5-6-12-22)35(34-26)31(38)32-18-17-21-9-3-2-4-10-21/h2-4,7-10,13-16,19-20,22,36H,5-6,11-12,17-18H2,1H3,(H,32,38)(H,33,37). The average Bonchev–Trinajstić information content (AvgIpc) is 3.65. The lowest BCUT2D eigenvalue weighted by Crippen LogP contribution is -2.32. The summed E-state index contributed by atoms with van der Waals surface area (Å²) in [5, 5.41) is 21.2. The van der Waals surface area contributed by atoms with Gasteiger partial charge in [0.1, 0.15) is 11.5 Å². The van der Waals surface area contributed by atoms with Gasteiger partial charge in [-0.15, -0.1) is 0 Å². The largest absolute Gasteiger partial charge is 0.507 e. The maximum Gasteiger partial charge on any atom is 0.342 e. The molecule has 0 aliphatic heterocycles. The SMILES string of the molecule is COc1ccccc1C(=O)Nc1ccc(O)c(-c2cc(C3CCCC3)n(C(=O)NCCc3ccccc3)n2)c1. The lowest BCUT2D eigenvalue weighted by atomic mass is 10.0. The summed E-state index contributed by atoms with van der Waals surface area (Å²) in [6.45, 7) is 0.484. The van der Waals surface area contributed by atoms with Crippen LogP contribution in [0, 0.1) is 0 Å². The van der Waals surface area contributed by atoms with E-state index in [9.17, 15) is 14.7 Å². The van der Waals surface area contributed by atoms with Gasteiger partial charge >= 0.3 is 6.03 Å². The highest BCUT2D eigenvalue weighted by Gasteiger charge is 2.26. The third-order valence-electron chi connectivity index (χ3n) is 7.12. The van der Waals surface area contributed by atoms with Crippen molar-refractivity contribution in [3.8, 4) is 22.8 Å². The summed E-state index contributed by atoms with van der Waals surface area (Å²) in [4.78, 5) is 26.2. The first-order valence-electron chi connectivity index (χ1n) is 13.2. The van der Waals surface area contributed by atoms with Gasteiger partial charge in [-0.2, -0.15) is 9.78 Å². The van der Waals surface area contributed by atoms with Crippen LogP contribution in [0.1, 0.15) is 53.2 Å². The quantitative estimate of drug-likeness (QED) is 0.246. The number of hydrogen-bond acceptors (Lipinski definition) is 5. The molecule has 8 nitrogen and oxygen atoms in total. The van der Waals surface area contributed by atoms with Crippen LogP contribution in [-0.4, -0.2) is 40.5 Å². The second-order valence-electron chi connectivity index (χ2n) is 9.70. The number of aromatic hydroxyl groups is 1. The Morgan fingerprint density at radius 1 is 1.00 bits per heavy atom. The fraction of sp³-hybridized carbons (Fsp3) is 0.258. The normalized spacial score (nSPS) is 13.3. The summed E-state index contributed by atoms with van der Waals surface area (Å²) in [5.74, 6) is 0.366. The first kappa shape index (κ1) is 26.0. The van der Waals surface area contributed by atoms with Gasteiger partial charge in [-0.25, -0.2) is 4.79 Å². The predicted octanol–water partition coefficient (Wildman–Crippen LogP) is 5.97. The van der Waals surface area contributed by atoms with E-state index in [1.54, 1.807) is 36.4 Å². The van der Waals surface area contributed by atoms with Crippen molar-refractivity contribution in [3.05, 3.63) is 95.7 Å². The van der Waals surface area contributed by atoms with Crippen LogP contribution < -0.4 is 15.4 Å². The minimum absolute atomic E-state index is 0.0115. The molecule has 0 radical (unpaired) electrons. The van der Waals surface area contributed by atoms with E-state index in [0.29, 0.717) is 41.2 Å². The van der Waals surface area contributed by atoms with Crippen LogP contribution in [0.4, 0.5) is 10.5 Å². The number of rotatable bonds is 8. The average molecular weight is 525 g/mol. The third kappa shape index (κ3) is 5.95.